The molecule has 124 valence electrons. The number of rotatable bonds is 6. The second-order valence-corrected chi connectivity index (χ2v) is 9.49. The topological polar surface area (TPSA) is 89.5 Å². The summed E-state index contributed by atoms with van der Waals surface area (Å²) in [6, 6.07) is 3.70. The molecule has 0 bridgehead atoms. The summed E-state index contributed by atoms with van der Waals surface area (Å²) in [6.45, 7) is 0.700. The van der Waals surface area contributed by atoms with Crippen LogP contribution in [0.25, 0.3) is 0 Å². The van der Waals surface area contributed by atoms with Crippen molar-refractivity contribution in [1.82, 2.24) is 5.32 Å². The fourth-order valence-corrected chi connectivity index (χ4v) is 7.17. The van der Waals surface area contributed by atoms with Crippen LogP contribution in [0.1, 0.15) is 0 Å². The van der Waals surface area contributed by atoms with Crippen LogP contribution in [0.5, 0.6) is 0 Å². The van der Waals surface area contributed by atoms with Crippen molar-refractivity contribution < 1.29 is 26.0 Å². The van der Waals surface area contributed by atoms with Crippen LogP contribution in [0, 0.1) is 5.82 Å². The van der Waals surface area contributed by atoms with E-state index in [0.717, 1.165) is 24.3 Å². The van der Waals surface area contributed by atoms with E-state index in [1.165, 1.54) is 7.11 Å². The van der Waals surface area contributed by atoms with Gasteiger partial charge in [-0.15, -0.1) is 0 Å². The molecule has 22 heavy (non-hydrogen) atoms. The van der Waals surface area contributed by atoms with Crippen LogP contribution >= 0.6 is 0 Å². The van der Waals surface area contributed by atoms with Crippen molar-refractivity contribution in [3.05, 3.63) is 30.1 Å². The van der Waals surface area contributed by atoms with Crippen LogP contribution < -0.4 is 5.32 Å². The van der Waals surface area contributed by atoms with Crippen molar-refractivity contribution in [3.63, 3.8) is 0 Å². The minimum absolute atomic E-state index is 0.0745. The Balaban J connectivity index is 2.28. The number of hydrogen-bond donors (Lipinski definition) is 1. The monoisotopic (exact) mass is 351 g/mol. The van der Waals surface area contributed by atoms with Crippen molar-refractivity contribution in [1.29, 1.82) is 0 Å². The average Bonchev–Trinajstić information content (AvgIpc) is 2.75. The van der Waals surface area contributed by atoms with E-state index >= 15 is 0 Å². The summed E-state index contributed by atoms with van der Waals surface area (Å²) < 4.78 is 66.7. The van der Waals surface area contributed by atoms with Gasteiger partial charge in [0.2, 0.25) is 0 Å². The fourth-order valence-electron chi connectivity index (χ4n) is 2.46. The molecule has 0 aromatic heterocycles. The summed E-state index contributed by atoms with van der Waals surface area (Å²) in [7, 11) is -5.80. The fraction of sp³-hybridized carbons (Fsp3) is 0.538. The molecule has 1 aromatic carbocycles. The van der Waals surface area contributed by atoms with E-state index in [2.05, 4.69) is 5.32 Å². The first-order valence-electron chi connectivity index (χ1n) is 6.68. The van der Waals surface area contributed by atoms with E-state index in [1.54, 1.807) is 0 Å². The first-order chi connectivity index (χ1) is 10.3. The van der Waals surface area contributed by atoms with Crippen molar-refractivity contribution in [2.24, 2.45) is 0 Å². The normalized spacial score (nSPS) is 24.5. The van der Waals surface area contributed by atoms with Crippen LogP contribution in [-0.4, -0.2) is 59.9 Å². The first-order valence-corrected chi connectivity index (χ1v) is 10.1. The Morgan fingerprint density at radius 2 is 1.91 bits per heavy atom. The third kappa shape index (κ3) is 3.83. The van der Waals surface area contributed by atoms with Gasteiger partial charge in [0, 0.05) is 19.7 Å². The zero-order chi connectivity index (χ0) is 16.4. The Morgan fingerprint density at radius 3 is 2.50 bits per heavy atom. The highest BCUT2D eigenvalue weighted by molar-refractivity contribution is 7.96. The summed E-state index contributed by atoms with van der Waals surface area (Å²) in [5.74, 6) is -1.22. The van der Waals surface area contributed by atoms with Crippen LogP contribution in [-0.2, 0) is 24.4 Å². The van der Waals surface area contributed by atoms with Gasteiger partial charge in [0.15, 0.2) is 19.7 Å². The molecule has 1 aliphatic rings. The van der Waals surface area contributed by atoms with Gasteiger partial charge in [0.05, 0.1) is 28.3 Å². The first kappa shape index (κ1) is 17.3. The molecule has 1 aliphatic heterocycles. The molecular formula is C13H18FNO5S2. The molecule has 0 amide bonds. The predicted octanol–water partition coefficient (Wildman–Crippen LogP) is 0.00100. The molecule has 9 heteroatoms. The van der Waals surface area contributed by atoms with Gasteiger partial charge in [0.1, 0.15) is 5.82 Å². The molecule has 1 aromatic rings. The highest BCUT2D eigenvalue weighted by atomic mass is 32.2. The highest BCUT2D eigenvalue weighted by Crippen LogP contribution is 2.26. The van der Waals surface area contributed by atoms with Crippen LogP contribution in [0.3, 0.4) is 0 Å². The number of ether oxygens (including phenoxy) is 1. The van der Waals surface area contributed by atoms with Gasteiger partial charge in [0.25, 0.3) is 0 Å². The van der Waals surface area contributed by atoms with E-state index in [-0.39, 0.29) is 10.6 Å². The highest BCUT2D eigenvalue weighted by Gasteiger charge is 2.45. The van der Waals surface area contributed by atoms with Gasteiger partial charge in [-0.3, -0.25) is 0 Å². The van der Waals surface area contributed by atoms with Gasteiger partial charge in [-0.1, -0.05) is 0 Å². The molecule has 0 radical (unpaired) electrons. The zero-order valence-electron chi connectivity index (χ0n) is 12.0. The third-order valence-corrected chi connectivity index (χ3v) is 7.72. The molecule has 0 spiro atoms. The Bertz CT molecular complexity index is 715. The predicted molar refractivity (Wildman–Crippen MR) is 79.7 cm³/mol. The number of benzene rings is 1. The SMILES string of the molecule is COCCNC1CS(=O)(=O)CC1S(=O)(=O)c1ccc(F)cc1. The van der Waals surface area contributed by atoms with Crippen molar-refractivity contribution in [2.75, 3.05) is 31.8 Å². The summed E-state index contributed by atoms with van der Waals surface area (Å²) in [4.78, 5) is -0.0745. The molecule has 2 rings (SSSR count). The summed E-state index contributed by atoms with van der Waals surface area (Å²) in [5.41, 5.74) is 0. The van der Waals surface area contributed by atoms with Crippen LogP contribution in [0.2, 0.25) is 0 Å². The second-order valence-electron chi connectivity index (χ2n) is 5.17. The van der Waals surface area contributed by atoms with Crippen molar-refractivity contribution >= 4 is 19.7 Å². The lowest BCUT2D eigenvalue weighted by atomic mass is 10.2. The number of halogens is 1. The maximum absolute atomic E-state index is 12.9. The summed E-state index contributed by atoms with van der Waals surface area (Å²) in [5, 5.41) is 1.83. The van der Waals surface area contributed by atoms with Gasteiger partial charge < -0.3 is 10.1 Å². The lowest BCUT2D eigenvalue weighted by Crippen LogP contribution is -2.44. The quantitative estimate of drug-likeness (QED) is 0.573. The maximum atomic E-state index is 12.9. The average molecular weight is 351 g/mol. The van der Waals surface area contributed by atoms with Crippen LogP contribution in [0.4, 0.5) is 4.39 Å². The van der Waals surface area contributed by atoms with E-state index in [4.69, 9.17) is 4.74 Å². The molecule has 0 saturated carbocycles. The largest absolute Gasteiger partial charge is 0.383 e. The summed E-state index contributed by atoms with van der Waals surface area (Å²) >= 11 is 0. The minimum atomic E-state index is -3.86. The molecule has 6 nitrogen and oxygen atoms in total. The van der Waals surface area contributed by atoms with Crippen molar-refractivity contribution in [2.45, 2.75) is 16.2 Å². The molecule has 1 N–H and O–H groups in total. The van der Waals surface area contributed by atoms with E-state index in [9.17, 15) is 21.2 Å². The number of nitrogens with one attached hydrogen (secondary N) is 1. The van der Waals surface area contributed by atoms with E-state index in [1.807, 2.05) is 0 Å². The van der Waals surface area contributed by atoms with Gasteiger partial charge in [-0.2, -0.15) is 0 Å². The Labute approximate surface area is 129 Å². The number of methoxy groups -OCH3 is 1. The molecule has 0 aliphatic carbocycles. The zero-order valence-corrected chi connectivity index (χ0v) is 13.7. The van der Waals surface area contributed by atoms with E-state index in [0.29, 0.717) is 13.2 Å². The molecular weight excluding hydrogens is 333 g/mol. The van der Waals surface area contributed by atoms with E-state index < -0.39 is 42.5 Å². The van der Waals surface area contributed by atoms with Crippen LogP contribution in [0.15, 0.2) is 29.2 Å². The summed E-state index contributed by atoms with van der Waals surface area (Å²) in [6.07, 6.45) is 0. The van der Waals surface area contributed by atoms with Gasteiger partial charge >= 0.3 is 0 Å². The number of hydrogen-bond acceptors (Lipinski definition) is 6. The van der Waals surface area contributed by atoms with Crippen molar-refractivity contribution in [3.8, 4) is 0 Å². The Morgan fingerprint density at radius 1 is 1.27 bits per heavy atom. The molecule has 2 atom stereocenters. The smallest absolute Gasteiger partial charge is 0.183 e. The molecule has 1 saturated heterocycles. The standard InChI is InChI=1S/C13H18FNO5S2/c1-20-7-6-15-12-8-21(16,17)9-13(12)22(18,19)11-4-2-10(14)3-5-11/h2-5,12-13,15H,6-9H2,1H3. The second kappa shape index (κ2) is 6.61. The Kier molecular flexibility index (Phi) is 5.21. The maximum Gasteiger partial charge on any atom is 0.183 e. The lowest BCUT2D eigenvalue weighted by molar-refractivity contribution is 0.196. The minimum Gasteiger partial charge on any atom is -0.383 e. The molecule has 1 heterocycles. The third-order valence-electron chi connectivity index (χ3n) is 3.55. The molecule has 1 fully saturated rings. The van der Waals surface area contributed by atoms with Gasteiger partial charge in [-0.25, -0.2) is 21.2 Å². The molecule has 2 unspecified atom stereocenters. The lowest BCUT2D eigenvalue weighted by Gasteiger charge is -2.19. The van der Waals surface area contributed by atoms with Gasteiger partial charge in [-0.05, 0) is 24.3 Å². The Hall–Kier alpha value is -1.03. The number of sulfone groups is 2.